The Kier molecular flexibility index (Phi) is 8.66. The van der Waals surface area contributed by atoms with Crippen LogP contribution in [0.25, 0.3) is 0 Å². The van der Waals surface area contributed by atoms with E-state index in [1.165, 1.54) is 11.1 Å². The highest BCUT2D eigenvalue weighted by molar-refractivity contribution is 5.55. The van der Waals surface area contributed by atoms with Gasteiger partial charge in [-0.3, -0.25) is 0 Å². The van der Waals surface area contributed by atoms with Crippen LogP contribution in [0.4, 0.5) is 0 Å². The first-order chi connectivity index (χ1) is 16.3. The number of hydrogen-bond acceptors (Lipinski definition) is 3. The molecule has 0 saturated carbocycles. The minimum atomic E-state index is -0.167. The van der Waals surface area contributed by atoms with Crippen molar-refractivity contribution in [1.29, 1.82) is 0 Å². The van der Waals surface area contributed by atoms with Gasteiger partial charge in [-0.05, 0) is 48.1 Å². The molecule has 0 aromatic heterocycles. The zero-order valence-electron chi connectivity index (χ0n) is 21.4. The number of benzene rings is 3. The molecule has 2 atom stereocenters. The second kappa shape index (κ2) is 11.5. The lowest BCUT2D eigenvalue weighted by Crippen LogP contribution is -2.05. The highest BCUT2D eigenvalue weighted by atomic mass is 16.3. The molecule has 0 aliphatic heterocycles. The van der Waals surface area contributed by atoms with Crippen LogP contribution in [-0.2, 0) is 19.3 Å². The van der Waals surface area contributed by atoms with Crippen LogP contribution in [0.1, 0.15) is 105 Å². The number of rotatable bonds is 10. The van der Waals surface area contributed by atoms with E-state index >= 15 is 0 Å². The Morgan fingerprint density at radius 1 is 0.529 bits per heavy atom. The minimum absolute atomic E-state index is 0.167. The van der Waals surface area contributed by atoms with Crippen LogP contribution in [-0.4, -0.2) is 15.3 Å². The molecule has 0 aliphatic carbocycles. The normalized spacial score (nSPS) is 13.1. The fourth-order valence-electron chi connectivity index (χ4n) is 4.96. The molecule has 0 radical (unpaired) electrons. The van der Waals surface area contributed by atoms with Gasteiger partial charge in [-0.15, -0.1) is 0 Å². The maximum atomic E-state index is 11.5. The van der Waals surface area contributed by atoms with E-state index < -0.39 is 0 Å². The van der Waals surface area contributed by atoms with E-state index in [1.54, 1.807) is 12.1 Å². The summed E-state index contributed by atoms with van der Waals surface area (Å²) in [5, 5.41) is 32.8. The zero-order chi connectivity index (χ0) is 24.8. The predicted octanol–water partition coefficient (Wildman–Crippen LogP) is 7.96. The van der Waals surface area contributed by atoms with Gasteiger partial charge in [0, 0.05) is 34.1 Å². The number of phenolic OH excluding ortho intramolecular Hbond substituents is 3. The summed E-state index contributed by atoms with van der Waals surface area (Å²) in [6.45, 7) is 10.5. The number of aryl methyl sites for hydroxylation is 3. The molecule has 0 spiro atoms. The summed E-state index contributed by atoms with van der Waals surface area (Å²) in [4.78, 5) is 0. The molecule has 0 heterocycles. The second-order valence-electron chi connectivity index (χ2n) is 9.60. The molecule has 3 nitrogen and oxygen atoms in total. The molecule has 3 heteroatoms. The molecule has 34 heavy (non-hydrogen) atoms. The Morgan fingerprint density at radius 3 is 1.26 bits per heavy atom. The number of hydrogen-bond donors (Lipinski definition) is 3. The van der Waals surface area contributed by atoms with E-state index in [2.05, 4.69) is 45.0 Å². The van der Waals surface area contributed by atoms with Gasteiger partial charge >= 0.3 is 0 Å². The lowest BCUT2D eigenvalue weighted by molar-refractivity contribution is 0.447. The van der Waals surface area contributed by atoms with Crippen molar-refractivity contribution in [2.75, 3.05) is 0 Å². The van der Waals surface area contributed by atoms with E-state index in [4.69, 9.17) is 0 Å². The van der Waals surface area contributed by atoms with Crippen molar-refractivity contribution >= 4 is 0 Å². The van der Waals surface area contributed by atoms with Gasteiger partial charge in [0.25, 0.3) is 0 Å². The molecule has 2 unspecified atom stereocenters. The Labute approximate surface area is 205 Å². The SMILES string of the molecule is CCCc1ccc(O)c(C(C)c2cc(CCC)cc(C(C)c3cc(CCC)ccc3O)c2O)c1. The topological polar surface area (TPSA) is 60.7 Å². The van der Waals surface area contributed by atoms with Gasteiger partial charge in [0.2, 0.25) is 0 Å². The molecule has 182 valence electrons. The molecule has 0 fully saturated rings. The molecule has 0 aliphatic rings. The lowest BCUT2D eigenvalue weighted by atomic mass is 9.83. The van der Waals surface area contributed by atoms with Crippen molar-refractivity contribution in [2.45, 2.75) is 85.0 Å². The number of phenols is 3. The van der Waals surface area contributed by atoms with E-state index in [-0.39, 0.29) is 29.1 Å². The Morgan fingerprint density at radius 2 is 0.882 bits per heavy atom. The summed E-state index contributed by atoms with van der Waals surface area (Å²) in [7, 11) is 0. The van der Waals surface area contributed by atoms with Gasteiger partial charge < -0.3 is 15.3 Å². The first-order valence-corrected chi connectivity index (χ1v) is 12.8. The molecule has 3 N–H and O–H groups in total. The van der Waals surface area contributed by atoms with E-state index in [0.29, 0.717) is 0 Å². The highest BCUT2D eigenvalue weighted by Gasteiger charge is 2.24. The van der Waals surface area contributed by atoms with Crippen molar-refractivity contribution < 1.29 is 15.3 Å². The summed E-state index contributed by atoms with van der Waals surface area (Å²) >= 11 is 0. The summed E-state index contributed by atoms with van der Waals surface area (Å²) in [6, 6.07) is 15.8. The van der Waals surface area contributed by atoms with Gasteiger partial charge in [0.15, 0.2) is 0 Å². The Bertz CT molecular complexity index is 1030. The van der Waals surface area contributed by atoms with Gasteiger partial charge in [-0.25, -0.2) is 0 Å². The van der Waals surface area contributed by atoms with Crippen LogP contribution in [0.5, 0.6) is 17.2 Å². The smallest absolute Gasteiger partial charge is 0.123 e. The van der Waals surface area contributed by atoms with E-state index in [1.807, 2.05) is 26.0 Å². The third-order valence-corrected chi connectivity index (χ3v) is 6.89. The van der Waals surface area contributed by atoms with Crippen LogP contribution in [0.2, 0.25) is 0 Å². The molecule has 3 aromatic rings. The Balaban J connectivity index is 2.12. The van der Waals surface area contributed by atoms with Crippen molar-refractivity contribution in [1.82, 2.24) is 0 Å². The molecule has 3 aromatic carbocycles. The van der Waals surface area contributed by atoms with Crippen molar-refractivity contribution in [3.05, 3.63) is 87.5 Å². The average Bonchev–Trinajstić information content (AvgIpc) is 2.82. The maximum Gasteiger partial charge on any atom is 0.123 e. The third kappa shape index (κ3) is 5.58. The summed E-state index contributed by atoms with van der Waals surface area (Å²) in [5.41, 5.74) is 6.86. The standard InChI is InChI=1S/C31H40O3/c1-6-9-22-12-14-29(32)25(16-22)20(4)27-18-24(11-8-3)19-28(31(27)34)21(5)26-17-23(10-7-2)13-15-30(26)33/h12-21,32-34H,6-11H2,1-5H3. The monoisotopic (exact) mass is 460 g/mol. The fraction of sp³-hybridized carbons (Fsp3) is 0.419. The van der Waals surface area contributed by atoms with Gasteiger partial charge in [0.05, 0.1) is 0 Å². The van der Waals surface area contributed by atoms with Crippen molar-refractivity contribution in [3.8, 4) is 17.2 Å². The summed E-state index contributed by atoms with van der Waals surface area (Å²) < 4.78 is 0. The fourth-order valence-corrected chi connectivity index (χ4v) is 4.96. The molecule has 0 saturated heterocycles. The van der Waals surface area contributed by atoms with Crippen LogP contribution in [0, 0.1) is 0 Å². The van der Waals surface area contributed by atoms with Crippen LogP contribution >= 0.6 is 0 Å². The summed E-state index contributed by atoms with van der Waals surface area (Å²) in [5.74, 6) is 0.430. The quantitative estimate of drug-likeness (QED) is 0.287. The highest BCUT2D eigenvalue weighted by Crippen LogP contribution is 2.43. The first-order valence-electron chi connectivity index (χ1n) is 12.8. The second-order valence-corrected chi connectivity index (χ2v) is 9.60. The predicted molar refractivity (Wildman–Crippen MR) is 141 cm³/mol. The van der Waals surface area contributed by atoms with Gasteiger partial charge in [-0.2, -0.15) is 0 Å². The zero-order valence-corrected chi connectivity index (χ0v) is 21.4. The van der Waals surface area contributed by atoms with Crippen LogP contribution in [0.3, 0.4) is 0 Å². The lowest BCUT2D eigenvalue weighted by Gasteiger charge is -2.23. The maximum absolute atomic E-state index is 11.5. The molecular formula is C31H40O3. The van der Waals surface area contributed by atoms with Crippen molar-refractivity contribution in [3.63, 3.8) is 0 Å². The van der Waals surface area contributed by atoms with Crippen LogP contribution in [0.15, 0.2) is 48.5 Å². The van der Waals surface area contributed by atoms with E-state index in [9.17, 15) is 15.3 Å². The average molecular weight is 461 g/mol. The molecule has 3 rings (SSSR count). The molecule has 0 amide bonds. The largest absolute Gasteiger partial charge is 0.508 e. The third-order valence-electron chi connectivity index (χ3n) is 6.89. The number of aromatic hydroxyl groups is 3. The van der Waals surface area contributed by atoms with E-state index in [0.717, 1.165) is 66.3 Å². The van der Waals surface area contributed by atoms with Crippen molar-refractivity contribution in [2.24, 2.45) is 0 Å². The van der Waals surface area contributed by atoms with Gasteiger partial charge in [0.1, 0.15) is 17.2 Å². The molecular weight excluding hydrogens is 420 g/mol. The Hall–Kier alpha value is -2.94. The minimum Gasteiger partial charge on any atom is -0.508 e. The summed E-state index contributed by atoms with van der Waals surface area (Å²) in [6.07, 6.45) is 5.90. The first kappa shape index (κ1) is 25.7. The molecule has 0 bridgehead atoms. The van der Waals surface area contributed by atoms with Crippen LogP contribution < -0.4 is 0 Å². The van der Waals surface area contributed by atoms with Gasteiger partial charge in [-0.1, -0.05) is 90.3 Å².